The largest absolute Gasteiger partial charge is 0.228 e. The summed E-state index contributed by atoms with van der Waals surface area (Å²) in [7, 11) is 0. The third kappa shape index (κ3) is 2.61. The van der Waals surface area contributed by atoms with Gasteiger partial charge in [0.15, 0.2) is 5.82 Å². The lowest BCUT2D eigenvalue weighted by atomic mass is 10.1. The second kappa shape index (κ2) is 5.28. The molecule has 0 atom stereocenters. The lowest BCUT2D eigenvalue weighted by molar-refractivity contribution is 1.20. The van der Waals surface area contributed by atoms with Gasteiger partial charge in [-0.15, -0.1) is 0 Å². The van der Waals surface area contributed by atoms with Crippen LogP contribution in [-0.2, 0) is 0 Å². The van der Waals surface area contributed by atoms with E-state index in [-0.39, 0.29) is 0 Å². The van der Waals surface area contributed by atoms with E-state index < -0.39 is 0 Å². The SMILES string of the molecule is Cc1cc(C)c2c(Cl)nc(-c3cc(Cl)ccc3C)nc2c1. The molecule has 0 amide bonds. The fraction of sp³-hybridized carbons (Fsp3) is 0.176. The molecule has 2 nitrogen and oxygen atoms in total. The summed E-state index contributed by atoms with van der Waals surface area (Å²) in [5.74, 6) is 0.609. The van der Waals surface area contributed by atoms with Gasteiger partial charge in [-0.25, -0.2) is 9.97 Å². The van der Waals surface area contributed by atoms with Crippen molar-refractivity contribution in [1.82, 2.24) is 9.97 Å². The molecule has 1 heterocycles. The molecular weight excluding hydrogens is 303 g/mol. The van der Waals surface area contributed by atoms with Crippen LogP contribution >= 0.6 is 23.2 Å². The van der Waals surface area contributed by atoms with Gasteiger partial charge < -0.3 is 0 Å². The van der Waals surface area contributed by atoms with Crippen molar-refractivity contribution >= 4 is 34.1 Å². The Hall–Kier alpha value is -1.64. The van der Waals surface area contributed by atoms with Crippen LogP contribution in [0.5, 0.6) is 0 Å². The van der Waals surface area contributed by atoms with E-state index in [1.165, 1.54) is 0 Å². The van der Waals surface area contributed by atoms with Crippen LogP contribution in [0.1, 0.15) is 16.7 Å². The van der Waals surface area contributed by atoms with Crippen molar-refractivity contribution in [3.05, 3.63) is 57.2 Å². The summed E-state index contributed by atoms with van der Waals surface area (Å²) < 4.78 is 0. The van der Waals surface area contributed by atoms with Crippen molar-refractivity contribution < 1.29 is 0 Å². The zero-order valence-corrected chi connectivity index (χ0v) is 13.5. The minimum atomic E-state index is 0.479. The van der Waals surface area contributed by atoms with Gasteiger partial charge in [0, 0.05) is 16.0 Å². The third-order valence-corrected chi connectivity index (χ3v) is 4.04. The van der Waals surface area contributed by atoms with Gasteiger partial charge in [-0.2, -0.15) is 0 Å². The monoisotopic (exact) mass is 316 g/mol. The molecule has 0 bridgehead atoms. The molecule has 0 saturated heterocycles. The summed E-state index contributed by atoms with van der Waals surface area (Å²) in [6.07, 6.45) is 0. The van der Waals surface area contributed by atoms with E-state index in [9.17, 15) is 0 Å². The highest BCUT2D eigenvalue weighted by Crippen LogP contribution is 2.30. The fourth-order valence-electron chi connectivity index (χ4n) is 2.55. The van der Waals surface area contributed by atoms with Crippen molar-refractivity contribution in [2.75, 3.05) is 0 Å². The predicted molar refractivity (Wildman–Crippen MR) is 89.2 cm³/mol. The maximum absolute atomic E-state index is 6.38. The minimum Gasteiger partial charge on any atom is -0.228 e. The van der Waals surface area contributed by atoms with E-state index in [2.05, 4.69) is 16.0 Å². The van der Waals surface area contributed by atoms with Gasteiger partial charge >= 0.3 is 0 Å². The number of benzene rings is 2. The number of rotatable bonds is 1. The van der Waals surface area contributed by atoms with Crippen LogP contribution in [0.25, 0.3) is 22.3 Å². The Labute approximate surface area is 133 Å². The van der Waals surface area contributed by atoms with Crippen LogP contribution in [0.2, 0.25) is 10.2 Å². The van der Waals surface area contributed by atoms with Gasteiger partial charge in [0.2, 0.25) is 0 Å². The van der Waals surface area contributed by atoms with Gasteiger partial charge in [-0.05, 0) is 55.7 Å². The van der Waals surface area contributed by atoms with Crippen LogP contribution in [0, 0.1) is 20.8 Å². The van der Waals surface area contributed by atoms with E-state index in [0.717, 1.165) is 33.2 Å². The molecule has 0 saturated carbocycles. The van der Waals surface area contributed by atoms with Gasteiger partial charge in [-0.1, -0.05) is 35.3 Å². The van der Waals surface area contributed by atoms with Crippen molar-refractivity contribution in [2.45, 2.75) is 20.8 Å². The zero-order valence-electron chi connectivity index (χ0n) is 12.0. The van der Waals surface area contributed by atoms with Crippen LogP contribution < -0.4 is 0 Å². The highest BCUT2D eigenvalue weighted by Gasteiger charge is 2.12. The maximum Gasteiger partial charge on any atom is 0.161 e. The summed E-state index contributed by atoms with van der Waals surface area (Å²) in [5, 5.41) is 2.05. The second-order valence-corrected chi connectivity index (χ2v) is 6.07. The molecule has 106 valence electrons. The number of aromatic nitrogens is 2. The molecule has 21 heavy (non-hydrogen) atoms. The summed E-state index contributed by atoms with van der Waals surface area (Å²) in [6, 6.07) is 9.80. The maximum atomic E-state index is 6.38. The molecule has 3 aromatic rings. The number of hydrogen-bond donors (Lipinski definition) is 0. The Morgan fingerprint density at radius 2 is 1.62 bits per heavy atom. The first-order chi connectivity index (χ1) is 9.95. The third-order valence-electron chi connectivity index (χ3n) is 3.54. The standard InChI is InChI=1S/C17H14Cl2N2/c1-9-6-11(3)15-14(7-9)20-17(21-16(15)19)13-8-12(18)5-4-10(13)2/h4-8H,1-3H3. The van der Waals surface area contributed by atoms with E-state index in [1.54, 1.807) is 0 Å². The van der Waals surface area contributed by atoms with Crippen LogP contribution in [0.4, 0.5) is 0 Å². The molecule has 4 heteroatoms. The van der Waals surface area contributed by atoms with Crippen molar-refractivity contribution in [3.8, 4) is 11.4 Å². The lowest BCUT2D eigenvalue weighted by Gasteiger charge is -2.10. The highest BCUT2D eigenvalue weighted by atomic mass is 35.5. The average molecular weight is 317 g/mol. The fourth-order valence-corrected chi connectivity index (χ4v) is 3.04. The predicted octanol–water partition coefficient (Wildman–Crippen LogP) is 5.53. The van der Waals surface area contributed by atoms with E-state index in [1.807, 2.05) is 45.0 Å². The van der Waals surface area contributed by atoms with Crippen LogP contribution in [0.15, 0.2) is 30.3 Å². The van der Waals surface area contributed by atoms with Crippen molar-refractivity contribution in [2.24, 2.45) is 0 Å². The van der Waals surface area contributed by atoms with Gasteiger partial charge in [-0.3, -0.25) is 0 Å². The molecule has 2 aromatic carbocycles. The Balaban J connectivity index is 2.32. The number of hydrogen-bond acceptors (Lipinski definition) is 2. The van der Waals surface area contributed by atoms with E-state index in [4.69, 9.17) is 23.2 Å². The molecule has 3 rings (SSSR count). The van der Waals surface area contributed by atoms with Crippen LogP contribution in [0.3, 0.4) is 0 Å². The molecule has 0 fully saturated rings. The molecular formula is C17H14Cl2N2. The molecule has 0 aliphatic carbocycles. The summed E-state index contributed by atoms with van der Waals surface area (Å²) in [6.45, 7) is 6.08. The smallest absolute Gasteiger partial charge is 0.161 e. The molecule has 0 aliphatic heterocycles. The minimum absolute atomic E-state index is 0.479. The number of fused-ring (bicyclic) bond motifs is 1. The molecule has 0 N–H and O–H groups in total. The zero-order chi connectivity index (χ0) is 15.1. The lowest BCUT2D eigenvalue weighted by Crippen LogP contribution is -1.96. The number of aryl methyl sites for hydroxylation is 3. The summed E-state index contributed by atoms with van der Waals surface area (Å²) >= 11 is 12.5. The van der Waals surface area contributed by atoms with Gasteiger partial charge in [0.25, 0.3) is 0 Å². The Bertz CT molecular complexity index is 857. The van der Waals surface area contributed by atoms with Crippen molar-refractivity contribution in [1.29, 1.82) is 0 Å². The molecule has 0 spiro atoms. The second-order valence-electron chi connectivity index (χ2n) is 5.27. The highest BCUT2D eigenvalue weighted by molar-refractivity contribution is 6.34. The van der Waals surface area contributed by atoms with Gasteiger partial charge in [0.05, 0.1) is 5.52 Å². The molecule has 0 aliphatic rings. The van der Waals surface area contributed by atoms with E-state index in [0.29, 0.717) is 16.0 Å². The number of halogens is 2. The first-order valence-electron chi connectivity index (χ1n) is 6.67. The molecule has 0 unspecified atom stereocenters. The summed E-state index contributed by atoms with van der Waals surface area (Å²) in [5.41, 5.74) is 5.08. The van der Waals surface area contributed by atoms with Crippen LogP contribution in [-0.4, -0.2) is 9.97 Å². The Morgan fingerprint density at radius 1 is 0.857 bits per heavy atom. The molecule has 0 radical (unpaired) electrons. The van der Waals surface area contributed by atoms with E-state index >= 15 is 0 Å². The number of nitrogens with zero attached hydrogens (tertiary/aromatic N) is 2. The van der Waals surface area contributed by atoms with Crippen molar-refractivity contribution in [3.63, 3.8) is 0 Å². The Kier molecular flexibility index (Phi) is 3.60. The average Bonchev–Trinajstić information content (AvgIpc) is 2.40. The topological polar surface area (TPSA) is 25.8 Å². The molecule has 1 aromatic heterocycles. The normalized spacial score (nSPS) is 11.1. The first kappa shape index (κ1) is 14.3. The quantitative estimate of drug-likeness (QED) is 0.552. The van der Waals surface area contributed by atoms with Gasteiger partial charge in [0.1, 0.15) is 5.15 Å². The summed E-state index contributed by atoms with van der Waals surface area (Å²) in [4.78, 5) is 9.14. The Morgan fingerprint density at radius 3 is 2.38 bits per heavy atom. The first-order valence-corrected chi connectivity index (χ1v) is 7.42.